The highest BCUT2D eigenvalue weighted by Gasteiger charge is 2.17. The molecule has 2 rings (SSSR count). The molecule has 1 aromatic rings. The Kier molecular flexibility index (Phi) is 3.65. The average Bonchev–Trinajstić information content (AvgIpc) is 2.74. The van der Waals surface area contributed by atoms with Crippen LogP contribution in [0.25, 0.3) is 0 Å². The molecular formula is C12H16N2S. The van der Waals surface area contributed by atoms with Gasteiger partial charge in [0.05, 0.1) is 6.54 Å². The van der Waals surface area contributed by atoms with Crippen molar-refractivity contribution in [1.82, 2.24) is 4.90 Å². The van der Waals surface area contributed by atoms with E-state index in [1.54, 1.807) is 11.3 Å². The van der Waals surface area contributed by atoms with E-state index in [9.17, 15) is 0 Å². The third-order valence-electron chi connectivity index (χ3n) is 2.79. The van der Waals surface area contributed by atoms with Crippen molar-refractivity contribution in [2.24, 2.45) is 0 Å². The highest BCUT2D eigenvalue weighted by molar-refractivity contribution is 7.08. The molecule has 0 aliphatic carbocycles. The Labute approximate surface area is 95.3 Å². The lowest BCUT2D eigenvalue weighted by atomic mass is 10.1. The van der Waals surface area contributed by atoms with Gasteiger partial charge in [0.1, 0.15) is 0 Å². The Morgan fingerprint density at radius 2 is 2.33 bits per heavy atom. The molecule has 1 N–H and O–H groups in total. The Morgan fingerprint density at radius 1 is 1.53 bits per heavy atom. The first-order valence-corrected chi connectivity index (χ1v) is 6.27. The van der Waals surface area contributed by atoms with Crippen molar-refractivity contribution >= 4 is 17.0 Å². The zero-order valence-electron chi connectivity index (χ0n) is 8.78. The summed E-state index contributed by atoms with van der Waals surface area (Å²) >= 11 is 1.74. The lowest BCUT2D eigenvalue weighted by molar-refractivity contribution is 0.243. The molecule has 2 nitrogen and oxygen atoms in total. The number of likely N-dealkylation sites (tertiary alicyclic amines) is 1. The zero-order valence-corrected chi connectivity index (χ0v) is 9.59. The van der Waals surface area contributed by atoms with Crippen LogP contribution in [-0.2, 0) is 0 Å². The molecule has 0 saturated carbocycles. The van der Waals surface area contributed by atoms with Gasteiger partial charge >= 0.3 is 0 Å². The van der Waals surface area contributed by atoms with E-state index in [1.807, 2.05) is 0 Å². The Hall–Kier alpha value is -0.980. The van der Waals surface area contributed by atoms with E-state index in [-0.39, 0.29) is 0 Å². The molecule has 0 bridgehead atoms. The van der Waals surface area contributed by atoms with Crippen LogP contribution in [0.5, 0.6) is 0 Å². The topological polar surface area (TPSA) is 15.3 Å². The standard InChI is InChI=1S/C12H16N2S/c1-2-6-14-7-3-11(4-8-14)13-12-5-9-15-10-12/h1,5,9-11,13H,3-4,6-8H2. The number of terminal acetylenes is 1. The van der Waals surface area contributed by atoms with Crippen LogP contribution in [-0.4, -0.2) is 30.6 Å². The maximum atomic E-state index is 5.30. The highest BCUT2D eigenvalue weighted by atomic mass is 32.1. The first-order chi connectivity index (χ1) is 7.38. The van der Waals surface area contributed by atoms with Crippen LogP contribution in [0.3, 0.4) is 0 Å². The van der Waals surface area contributed by atoms with Gasteiger partial charge in [-0.25, -0.2) is 0 Å². The summed E-state index contributed by atoms with van der Waals surface area (Å²) in [6, 6.07) is 2.76. The lowest BCUT2D eigenvalue weighted by Gasteiger charge is -2.31. The van der Waals surface area contributed by atoms with Crippen molar-refractivity contribution in [2.75, 3.05) is 25.0 Å². The second-order valence-corrected chi connectivity index (χ2v) is 4.69. The van der Waals surface area contributed by atoms with Gasteiger partial charge in [0.25, 0.3) is 0 Å². The van der Waals surface area contributed by atoms with Gasteiger partial charge in [-0.15, -0.1) is 6.42 Å². The second kappa shape index (κ2) is 5.20. The number of nitrogens with one attached hydrogen (secondary N) is 1. The second-order valence-electron chi connectivity index (χ2n) is 3.91. The Morgan fingerprint density at radius 3 is 2.93 bits per heavy atom. The zero-order chi connectivity index (χ0) is 10.5. The minimum Gasteiger partial charge on any atom is -0.382 e. The summed E-state index contributed by atoms with van der Waals surface area (Å²) in [6.07, 6.45) is 7.68. The van der Waals surface area contributed by atoms with Gasteiger partial charge < -0.3 is 5.32 Å². The third-order valence-corrected chi connectivity index (χ3v) is 3.48. The molecule has 0 atom stereocenters. The van der Waals surface area contributed by atoms with E-state index < -0.39 is 0 Å². The maximum Gasteiger partial charge on any atom is 0.0598 e. The minimum absolute atomic E-state index is 0.619. The van der Waals surface area contributed by atoms with Gasteiger partial charge in [-0.1, -0.05) is 5.92 Å². The first-order valence-electron chi connectivity index (χ1n) is 5.33. The average molecular weight is 220 g/mol. The number of piperidine rings is 1. The van der Waals surface area contributed by atoms with E-state index in [2.05, 4.69) is 33.0 Å². The summed E-state index contributed by atoms with van der Waals surface area (Å²) in [5.41, 5.74) is 1.26. The summed E-state index contributed by atoms with van der Waals surface area (Å²) < 4.78 is 0. The Bertz CT molecular complexity index is 318. The molecule has 0 spiro atoms. The largest absolute Gasteiger partial charge is 0.382 e. The molecule has 1 saturated heterocycles. The minimum atomic E-state index is 0.619. The van der Waals surface area contributed by atoms with Gasteiger partial charge in [-0.2, -0.15) is 11.3 Å². The quantitative estimate of drug-likeness (QED) is 0.786. The molecule has 2 heterocycles. The van der Waals surface area contributed by atoms with E-state index in [0.717, 1.165) is 19.6 Å². The van der Waals surface area contributed by atoms with Gasteiger partial charge in [-0.3, -0.25) is 4.90 Å². The monoisotopic (exact) mass is 220 g/mol. The molecule has 0 unspecified atom stereocenters. The van der Waals surface area contributed by atoms with Crippen LogP contribution in [0.1, 0.15) is 12.8 Å². The highest BCUT2D eigenvalue weighted by Crippen LogP contribution is 2.18. The first kappa shape index (κ1) is 10.5. The molecule has 80 valence electrons. The van der Waals surface area contributed by atoms with E-state index in [1.165, 1.54) is 18.5 Å². The van der Waals surface area contributed by atoms with Crippen molar-refractivity contribution in [3.63, 3.8) is 0 Å². The molecule has 15 heavy (non-hydrogen) atoms. The predicted octanol–water partition coefficient (Wildman–Crippen LogP) is 2.26. The van der Waals surface area contributed by atoms with E-state index in [4.69, 9.17) is 6.42 Å². The smallest absolute Gasteiger partial charge is 0.0598 e. The summed E-state index contributed by atoms with van der Waals surface area (Å²) in [4.78, 5) is 2.34. The van der Waals surface area contributed by atoms with Crippen molar-refractivity contribution in [2.45, 2.75) is 18.9 Å². The molecule has 0 radical (unpaired) electrons. The van der Waals surface area contributed by atoms with Crippen LogP contribution in [0.15, 0.2) is 16.8 Å². The van der Waals surface area contributed by atoms with Gasteiger partial charge in [-0.05, 0) is 24.3 Å². The number of anilines is 1. The van der Waals surface area contributed by atoms with E-state index in [0.29, 0.717) is 6.04 Å². The SMILES string of the molecule is C#CCN1CCC(Nc2ccsc2)CC1. The van der Waals surface area contributed by atoms with Crippen molar-refractivity contribution < 1.29 is 0 Å². The number of rotatable bonds is 3. The molecule has 1 aromatic heterocycles. The number of thiophene rings is 1. The molecule has 1 aliphatic rings. The number of hydrogen-bond acceptors (Lipinski definition) is 3. The Balaban J connectivity index is 1.77. The summed E-state index contributed by atoms with van der Waals surface area (Å²) in [7, 11) is 0. The molecule has 0 amide bonds. The van der Waals surface area contributed by atoms with E-state index >= 15 is 0 Å². The summed E-state index contributed by atoms with van der Waals surface area (Å²) in [5, 5.41) is 7.82. The van der Waals surface area contributed by atoms with Gasteiger partial charge in [0, 0.05) is 30.2 Å². The molecule has 0 aromatic carbocycles. The van der Waals surface area contributed by atoms with Crippen LogP contribution in [0, 0.1) is 12.3 Å². The van der Waals surface area contributed by atoms with Crippen LogP contribution >= 0.6 is 11.3 Å². The normalized spacial score (nSPS) is 18.6. The van der Waals surface area contributed by atoms with Crippen molar-refractivity contribution in [3.8, 4) is 12.3 Å². The molecule has 1 aliphatic heterocycles. The van der Waals surface area contributed by atoms with Gasteiger partial charge in [0.15, 0.2) is 0 Å². The summed E-state index contributed by atoms with van der Waals surface area (Å²) in [6.45, 7) is 3.03. The molecule has 1 fully saturated rings. The van der Waals surface area contributed by atoms with Crippen LogP contribution in [0.4, 0.5) is 5.69 Å². The molecule has 3 heteroatoms. The van der Waals surface area contributed by atoms with Crippen molar-refractivity contribution in [1.29, 1.82) is 0 Å². The fourth-order valence-electron chi connectivity index (χ4n) is 1.95. The maximum absolute atomic E-state index is 5.30. The van der Waals surface area contributed by atoms with Crippen LogP contribution < -0.4 is 5.32 Å². The summed E-state index contributed by atoms with van der Waals surface area (Å²) in [5.74, 6) is 2.70. The van der Waals surface area contributed by atoms with Crippen LogP contribution in [0.2, 0.25) is 0 Å². The predicted molar refractivity (Wildman–Crippen MR) is 66.2 cm³/mol. The number of hydrogen-bond donors (Lipinski definition) is 1. The number of nitrogens with zero attached hydrogens (tertiary/aromatic N) is 1. The lowest BCUT2D eigenvalue weighted by Crippen LogP contribution is -2.39. The molecular weight excluding hydrogens is 204 g/mol. The third kappa shape index (κ3) is 2.98. The fourth-order valence-corrected chi connectivity index (χ4v) is 2.54. The van der Waals surface area contributed by atoms with Gasteiger partial charge in [0.2, 0.25) is 0 Å². The fraction of sp³-hybridized carbons (Fsp3) is 0.500. The van der Waals surface area contributed by atoms with Crippen molar-refractivity contribution in [3.05, 3.63) is 16.8 Å².